The van der Waals surface area contributed by atoms with Gasteiger partial charge in [-0.05, 0) is 42.3 Å². The Hall–Kier alpha value is -3.13. The van der Waals surface area contributed by atoms with E-state index in [-0.39, 0.29) is 16.3 Å². The average molecular weight is 400 g/mol. The summed E-state index contributed by atoms with van der Waals surface area (Å²) in [7, 11) is -0.474. The van der Waals surface area contributed by atoms with Gasteiger partial charge in [-0.2, -0.15) is 5.10 Å². The van der Waals surface area contributed by atoms with Crippen molar-refractivity contribution in [3.05, 3.63) is 59.3 Å². The van der Waals surface area contributed by atoms with E-state index in [2.05, 4.69) is 5.10 Å². The number of hydrogen-bond donors (Lipinski definition) is 1. The van der Waals surface area contributed by atoms with Crippen molar-refractivity contribution in [1.29, 1.82) is 0 Å². The lowest BCUT2D eigenvalue weighted by atomic mass is 9.93. The third kappa shape index (κ3) is 3.38. The van der Waals surface area contributed by atoms with Crippen molar-refractivity contribution in [2.45, 2.75) is 11.8 Å². The number of rotatable bonds is 5. The van der Waals surface area contributed by atoms with Gasteiger partial charge in [-0.25, -0.2) is 13.1 Å². The summed E-state index contributed by atoms with van der Waals surface area (Å²) in [5.74, 6) is -0.0460. The molecular weight excluding hydrogens is 380 g/mol. The van der Waals surface area contributed by atoms with Crippen molar-refractivity contribution in [1.82, 2.24) is 9.78 Å². The van der Waals surface area contributed by atoms with Crippen LogP contribution in [0.2, 0.25) is 0 Å². The predicted octanol–water partition coefficient (Wildman–Crippen LogP) is 2.74. The molecule has 2 aromatic carbocycles. The summed E-state index contributed by atoms with van der Waals surface area (Å²) in [6.45, 7) is 1.69. The normalized spacial score (nSPS) is 11.4. The third-order valence-electron chi connectivity index (χ3n) is 4.60. The zero-order valence-corrected chi connectivity index (χ0v) is 16.7. The van der Waals surface area contributed by atoms with Gasteiger partial charge >= 0.3 is 0 Å². The van der Waals surface area contributed by atoms with Crippen molar-refractivity contribution in [2.24, 2.45) is 7.05 Å². The smallest absolute Gasteiger partial charge is 0.220 e. The highest BCUT2D eigenvalue weighted by Gasteiger charge is 2.24. The molecule has 0 amide bonds. The van der Waals surface area contributed by atoms with Gasteiger partial charge in [0.25, 0.3) is 0 Å². The first-order valence-electron chi connectivity index (χ1n) is 8.39. The molecule has 0 unspecified atom stereocenters. The summed E-state index contributed by atoms with van der Waals surface area (Å²) in [5, 5.41) is 13.9. The standard InChI is InChI=1S/C20H20N2O5S/c1-12-15(19(23)16-11-21-22(2)20(16)24)9-10-17(28(4,25)26)18(12)13-5-7-14(27-3)8-6-13/h5-11,24H,1-4H3. The van der Waals surface area contributed by atoms with Crippen LogP contribution in [-0.2, 0) is 16.9 Å². The van der Waals surface area contributed by atoms with Crippen LogP contribution in [0, 0.1) is 6.92 Å². The van der Waals surface area contributed by atoms with Gasteiger partial charge in [0.1, 0.15) is 11.3 Å². The van der Waals surface area contributed by atoms with Gasteiger partial charge in [-0.15, -0.1) is 0 Å². The first-order chi connectivity index (χ1) is 13.1. The Bertz CT molecular complexity index is 1160. The first-order valence-corrected chi connectivity index (χ1v) is 10.3. The lowest BCUT2D eigenvalue weighted by molar-refractivity contribution is 0.103. The first kappa shape index (κ1) is 19.6. The summed E-state index contributed by atoms with van der Waals surface area (Å²) < 4.78 is 31.0. The molecule has 0 aliphatic heterocycles. The van der Waals surface area contributed by atoms with E-state index in [1.165, 1.54) is 30.1 Å². The fourth-order valence-corrected chi connectivity index (χ4v) is 4.05. The van der Waals surface area contributed by atoms with E-state index in [4.69, 9.17) is 4.74 Å². The zero-order valence-electron chi connectivity index (χ0n) is 15.9. The van der Waals surface area contributed by atoms with E-state index in [9.17, 15) is 18.3 Å². The summed E-state index contributed by atoms with van der Waals surface area (Å²) in [4.78, 5) is 13.1. The van der Waals surface area contributed by atoms with Crippen LogP contribution in [0.15, 0.2) is 47.5 Å². The zero-order chi connectivity index (χ0) is 20.6. The molecule has 146 valence electrons. The van der Waals surface area contributed by atoms with E-state index in [1.807, 2.05) is 0 Å². The molecule has 0 aliphatic carbocycles. The molecule has 8 heteroatoms. The molecule has 0 radical (unpaired) electrons. The molecule has 0 atom stereocenters. The highest BCUT2D eigenvalue weighted by atomic mass is 32.2. The maximum absolute atomic E-state index is 13.0. The minimum absolute atomic E-state index is 0.0541. The van der Waals surface area contributed by atoms with Gasteiger partial charge in [0.15, 0.2) is 15.6 Å². The van der Waals surface area contributed by atoms with E-state index >= 15 is 0 Å². The van der Waals surface area contributed by atoms with Crippen LogP contribution in [0.25, 0.3) is 11.1 Å². The minimum atomic E-state index is -3.54. The Morgan fingerprint density at radius 1 is 1.11 bits per heavy atom. The summed E-state index contributed by atoms with van der Waals surface area (Å²) >= 11 is 0. The fraction of sp³-hybridized carbons (Fsp3) is 0.200. The number of methoxy groups -OCH3 is 1. The number of aromatic nitrogens is 2. The molecule has 1 N–H and O–H groups in total. The Kier molecular flexibility index (Phi) is 4.99. The lowest BCUT2D eigenvalue weighted by Gasteiger charge is -2.15. The van der Waals surface area contributed by atoms with Crippen LogP contribution >= 0.6 is 0 Å². The number of nitrogens with zero attached hydrogens (tertiary/aromatic N) is 2. The third-order valence-corrected chi connectivity index (χ3v) is 5.74. The average Bonchev–Trinajstić information content (AvgIpc) is 2.99. The Morgan fingerprint density at radius 2 is 1.75 bits per heavy atom. The van der Waals surface area contributed by atoms with Crippen LogP contribution < -0.4 is 4.74 Å². The molecule has 0 fully saturated rings. The molecule has 0 spiro atoms. The Labute approximate surface area is 163 Å². The molecule has 3 aromatic rings. The van der Waals surface area contributed by atoms with Crippen molar-refractivity contribution < 1.29 is 23.1 Å². The van der Waals surface area contributed by atoms with Gasteiger partial charge in [0.2, 0.25) is 5.88 Å². The van der Waals surface area contributed by atoms with Crippen molar-refractivity contribution in [3.8, 4) is 22.8 Å². The quantitative estimate of drug-likeness (QED) is 0.661. The number of aryl methyl sites for hydroxylation is 1. The van der Waals surface area contributed by atoms with Crippen molar-refractivity contribution in [2.75, 3.05) is 13.4 Å². The van der Waals surface area contributed by atoms with Crippen LogP contribution in [0.3, 0.4) is 0 Å². The number of ketones is 1. The second kappa shape index (κ2) is 7.12. The largest absolute Gasteiger partial charge is 0.497 e. The van der Waals surface area contributed by atoms with Crippen molar-refractivity contribution in [3.63, 3.8) is 0 Å². The molecule has 0 saturated heterocycles. The number of aromatic hydroxyl groups is 1. The molecule has 28 heavy (non-hydrogen) atoms. The van der Waals surface area contributed by atoms with Crippen LogP contribution in [0.5, 0.6) is 11.6 Å². The fourth-order valence-electron chi connectivity index (χ4n) is 3.09. The lowest BCUT2D eigenvalue weighted by Crippen LogP contribution is -2.08. The number of carbonyl (C=O) groups excluding carboxylic acids is 1. The number of hydrogen-bond acceptors (Lipinski definition) is 6. The van der Waals surface area contributed by atoms with Crippen LogP contribution in [-0.4, -0.2) is 42.5 Å². The molecule has 0 bridgehead atoms. The van der Waals surface area contributed by atoms with Crippen LogP contribution in [0.1, 0.15) is 21.5 Å². The molecular formula is C20H20N2O5S. The second-order valence-electron chi connectivity index (χ2n) is 6.45. The van der Waals surface area contributed by atoms with Gasteiger partial charge in [0, 0.05) is 24.4 Å². The molecule has 1 heterocycles. The molecule has 1 aromatic heterocycles. The van der Waals surface area contributed by atoms with E-state index in [0.29, 0.717) is 28.0 Å². The highest BCUT2D eigenvalue weighted by molar-refractivity contribution is 7.90. The SMILES string of the molecule is COc1ccc(-c2c(S(C)(=O)=O)ccc(C(=O)c3cnn(C)c3O)c2C)cc1. The Morgan fingerprint density at radius 3 is 2.25 bits per heavy atom. The van der Waals surface area contributed by atoms with E-state index in [0.717, 1.165) is 6.26 Å². The van der Waals surface area contributed by atoms with Gasteiger partial charge in [-0.3, -0.25) is 4.79 Å². The van der Waals surface area contributed by atoms with Crippen LogP contribution in [0.4, 0.5) is 0 Å². The summed E-state index contributed by atoms with van der Waals surface area (Å²) in [6, 6.07) is 9.82. The second-order valence-corrected chi connectivity index (χ2v) is 8.43. The maximum Gasteiger partial charge on any atom is 0.220 e. The topological polar surface area (TPSA) is 98.5 Å². The number of ether oxygens (including phenoxy) is 1. The van der Waals surface area contributed by atoms with Gasteiger partial charge in [0.05, 0.1) is 18.2 Å². The molecule has 0 aliphatic rings. The number of carbonyl (C=O) groups is 1. The maximum atomic E-state index is 13.0. The van der Waals surface area contributed by atoms with E-state index in [1.54, 1.807) is 38.3 Å². The van der Waals surface area contributed by atoms with Gasteiger partial charge in [-0.1, -0.05) is 12.1 Å². The molecule has 3 rings (SSSR count). The van der Waals surface area contributed by atoms with Gasteiger partial charge < -0.3 is 9.84 Å². The predicted molar refractivity (Wildman–Crippen MR) is 105 cm³/mol. The highest BCUT2D eigenvalue weighted by Crippen LogP contribution is 2.35. The monoisotopic (exact) mass is 400 g/mol. The van der Waals surface area contributed by atoms with Crippen molar-refractivity contribution >= 4 is 15.6 Å². The minimum Gasteiger partial charge on any atom is -0.497 e. The number of benzene rings is 2. The Balaban J connectivity index is 2.25. The molecule has 0 saturated carbocycles. The number of sulfone groups is 1. The summed E-state index contributed by atoms with van der Waals surface area (Å²) in [6.07, 6.45) is 2.41. The molecule has 7 nitrogen and oxygen atoms in total. The van der Waals surface area contributed by atoms with E-state index < -0.39 is 15.6 Å². The summed E-state index contributed by atoms with van der Waals surface area (Å²) in [5.41, 5.74) is 1.93.